The van der Waals surface area contributed by atoms with Gasteiger partial charge in [0.05, 0.1) is 7.11 Å². The molecule has 6 nitrogen and oxygen atoms in total. The second kappa shape index (κ2) is 5.56. The molecule has 2 aliphatic heterocycles. The van der Waals surface area contributed by atoms with E-state index < -0.39 is 11.2 Å². The van der Waals surface area contributed by atoms with E-state index in [9.17, 15) is 9.59 Å². The largest absolute Gasteiger partial charge is 0.497 e. The van der Waals surface area contributed by atoms with Crippen molar-refractivity contribution >= 4 is 11.0 Å². The number of aromatic nitrogens is 2. The van der Waals surface area contributed by atoms with E-state index in [0.29, 0.717) is 11.3 Å². The smallest absolute Gasteiger partial charge is 0.351 e. The number of rotatable bonds is 1. The Morgan fingerprint density at radius 1 is 1.20 bits per heavy atom. The van der Waals surface area contributed by atoms with Crippen molar-refractivity contribution in [1.82, 2.24) is 9.97 Å². The number of aromatic amines is 1. The lowest BCUT2D eigenvalue weighted by atomic mass is 10.1. The highest BCUT2D eigenvalue weighted by Crippen LogP contribution is 2.26. The zero-order valence-corrected chi connectivity index (χ0v) is 11.4. The van der Waals surface area contributed by atoms with E-state index in [1.54, 1.807) is 31.4 Å². The zero-order chi connectivity index (χ0) is 14.7. The van der Waals surface area contributed by atoms with Gasteiger partial charge < -0.3 is 9.15 Å². The highest BCUT2D eigenvalue weighted by atomic mass is 16.5. The summed E-state index contributed by atoms with van der Waals surface area (Å²) in [6, 6.07) is 6.82. The van der Waals surface area contributed by atoms with Gasteiger partial charge in [-0.3, -0.25) is 9.78 Å². The fourth-order valence-electron chi connectivity index (χ4n) is 1.76. The van der Waals surface area contributed by atoms with Crippen LogP contribution in [-0.4, -0.2) is 17.1 Å². The molecule has 0 unspecified atom stereocenters. The van der Waals surface area contributed by atoms with Crippen molar-refractivity contribution in [3.63, 3.8) is 0 Å². The number of fused-ring (bicyclic) bond motifs is 2. The lowest BCUT2D eigenvalue weighted by Crippen LogP contribution is -2.24. The average molecular weight is 274 g/mol. The van der Waals surface area contributed by atoms with Crippen LogP contribution in [0.3, 0.4) is 0 Å². The van der Waals surface area contributed by atoms with Crippen LogP contribution in [0, 0.1) is 0 Å². The van der Waals surface area contributed by atoms with E-state index in [2.05, 4.69) is 9.97 Å². The van der Waals surface area contributed by atoms with Crippen molar-refractivity contribution in [3.8, 4) is 17.2 Å². The molecule has 1 aromatic carbocycles. The topological polar surface area (TPSA) is 85.2 Å². The van der Waals surface area contributed by atoms with Crippen molar-refractivity contribution in [2.24, 2.45) is 0 Å². The molecular formula is C14H14N2O4. The molecule has 2 aliphatic rings. The van der Waals surface area contributed by atoms with Crippen LogP contribution in [0.15, 0.2) is 38.3 Å². The zero-order valence-electron chi connectivity index (χ0n) is 11.4. The van der Waals surface area contributed by atoms with Crippen molar-refractivity contribution in [2.75, 3.05) is 7.11 Å². The van der Waals surface area contributed by atoms with Crippen LogP contribution < -0.4 is 16.0 Å². The second-order valence-electron chi connectivity index (χ2n) is 3.74. The number of H-pyrrole nitrogens is 1. The predicted molar refractivity (Wildman–Crippen MR) is 75.4 cm³/mol. The quantitative estimate of drug-likeness (QED) is 0.686. The maximum atomic E-state index is 11.6. The third kappa shape index (κ3) is 2.40. The molecule has 0 saturated carbocycles. The molecule has 3 rings (SSSR count). The molecule has 6 heteroatoms. The fourth-order valence-corrected chi connectivity index (χ4v) is 1.76. The van der Waals surface area contributed by atoms with Crippen LogP contribution in [0.4, 0.5) is 0 Å². The van der Waals surface area contributed by atoms with Crippen molar-refractivity contribution < 1.29 is 9.15 Å². The predicted octanol–water partition coefficient (Wildman–Crippen LogP) is 2.02. The molecule has 0 spiro atoms. The van der Waals surface area contributed by atoms with E-state index in [0.717, 1.165) is 5.39 Å². The molecule has 0 fully saturated rings. The highest BCUT2D eigenvalue weighted by Gasteiger charge is 2.13. The van der Waals surface area contributed by atoms with Crippen LogP contribution in [0.2, 0.25) is 0 Å². The Bertz CT molecular complexity index is 819. The molecular weight excluding hydrogens is 260 g/mol. The van der Waals surface area contributed by atoms with Gasteiger partial charge in [0.25, 0.3) is 5.56 Å². The van der Waals surface area contributed by atoms with E-state index in [1.807, 2.05) is 13.8 Å². The van der Waals surface area contributed by atoms with Crippen molar-refractivity contribution in [2.45, 2.75) is 13.8 Å². The standard InChI is InChI=1S/C12H8N2O4.C2H6/c1-17-7-3-2-6-4-8-10(15)13-12(16)14-11(8)18-9(6)5-7;1-2/h2-5H,1H3,(H,13,15,16);1-2H3. The molecule has 104 valence electrons. The number of hydrogen-bond donors (Lipinski definition) is 1. The average Bonchev–Trinajstić information content (AvgIpc) is 2.47. The molecule has 0 saturated heterocycles. The first-order valence-electron chi connectivity index (χ1n) is 6.19. The van der Waals surface area contributed by atoms with Crippen LogP contribution in [-0.2, 0) is 0 Å². The molecule has 0 aliphatic carbocycles. The third-order valence-corrected chi connectivity index (χ3v) is 2.63. The SMILES string of the molecule is CC.COc1ccc2cc3c(=O)[nH]c(=O)nc-3oc2c1. The van der Waals surface area contributed by atoms with E-state index in [-0.39, 0.29) is 11.5 Å². The molecule has 0 amide bonds. The van der Waals surface area contributed by atoms with Gasteiger partial charge in [0.2, 0.25) is 5.89 Å². The maximum absolute atomic E-state index is 11.6. The summed E-state index contributed by atoms with van der Waals surface area (Å²) in [6.07, 6.45) is 0. The van der Waals surface area contributed by atoms with Gasteiger partial charge in [-0.2, -0.15) is 4.98 Å². The van der Waals surface area contributed by atoms with Crippen LogP contribution in [0.25, 0.3) is 22.4 Å². The van der Waals surface area contributed by atoms with Crippen LogP contribution in [0.1, 0.15) is 13.8 Å². The molecule has 0 atom stereocenters. The summed E-state index contributed by atoms with van der Waals surface area (Å²) in [4.78, 5) is 28.4. The Hall–Kier alpha value is -2.63. The monoisotopic (exact) mass is 274 g/mol. The van der Waals surface area contributed by atoms with Gasteiger partial charge in [-0.05, 0) is 18.2 Å². The summed E-state index contributed by atoms with van der Waals surface area (Å²) in [5.74, 6) is 0.641. The fraction of sp³-hybridized carbons (Fsp3) is 0.214. The first-order valence-corrected chi connectivity index (χ1v) is 6.19. The number of nitrogens with zero attached hydrogens (tertiary/aromatic N) is 1. The van der Waals surface area contributed by atoms with Gasteiger partial charge in [-0.25, -0.2) is 4.79 Å². The summed E-state index contributed by atoms with van der Waals surface area (Å²) in [5.41, 5.74) is -0.489. The number of nitrogens with one attached hydrogen (secondary N) is 1. The number of ether oxygens (including phenoxy) is 1. The van der Waals surface area contributed by atoms with Gasteiger partial charge >= 0.3 is 5.69 Å². The third-order valence-electron chi connectivity index (χ3n) is 2.63. The number of benzene rings is 1. The minimum absolute atomic E-state index is 0.0181. The second-order valence-corrected chi connectivity index (χ2v) is 3.74. The highest BCUT2D eigenvalue weighted by molar-refractivity contribution is 5.82. The van der Waals surface area contributed by atoms with Crippen LogP contribution >= 0.6 is 0 Å². The summed E-state index contributed by atoms with van der Waals surface area (Å²) < 4.78 is 10.5. The van der Waals surface area contributed by atoms with Crippen LogP contribution in [0.5, 0.6) is 5.75 Å². The van der Waals surface area contributed by atoms with E-state index >= 15 is 0 Å². The van der Waals surface area contributed by atoms with Crippen molar-refractivity contribution in [1.29, 1.82) is 0 Å². The molecule has 1 aromatic rings. The minimum atomic E-state index is -0.724. The Kier molecular flexibility index (Phi) is 3.84. The Balaban J connectivity index is 0.000000704. The first kappa shape index (κ1) is 13.8. The Morgan fingerprint density at radius 3 is 2.65 bits per heavy atom. The molecule has 0 aromatic heterocycles. The van der Waals surface area contributed by atoms with Gasteiger partial charge in [0.1, 0.15) is 16.9 Å². The molecule has 0 radical (unpaired) electrons. The minimum Gasteiger partial charge on any atom is -0.497 e. The molecule has 20 heavy (non-hydrogen) atoms. The number of hydrogen-bond acceptors (Lipinski definition) is 5. The summed E-state index contributed by atoms with van der Waals surface area (Å²) >= 11 is 0. The molecule has 2 heterocycles. The van der Waals surface area contributed by atoms with E-state index in [1.165, 1.54) is 0 Å². The summed E-state index contributed by atoms with van der Waals surface area (Å²) in [6.45, 7) is 4.00. The maximum Gasteiger partial charge on any atom is 0.351 e. The van der Waals surface area contributed by atoms with Gasteiger partial charge in [0, 0.05) is 11.5 Å². The van der Waals surface area contributed by atoms with Gasteiger partial charge in [0.15, 0.2) is 0 Å². The lowest BCUT2D eigenvalue weighted by Gasteiger charge is -2.05. The van der Waals surface area contributed by atoms with E-state index in [4.69, 9.17) is 9.15 Å². The molecule has 0 bridgehead atoms. The van der Waals surface area contributed by atoms with Gasteiger partial charge in [-0.1, -0.05) is 13.8 Å². The first-order chi connectivity index (χ1) is 9.67. The van der Waals surface area contributed by atoms with Crippen molar-refractivity contribution in [3.05, 3.63) is 45.1 Å². The number of methoxy groups -OCH3 is 1. The summed E-state index contributed by atoms with van der Waals surface area (Å²) in [7, 11) is 1.54. The summed E-state index contributed by atoms with van der Waals surface area (Å²) in [5, 5.41) is 0.731. The normalized spacial score (nSPS) is 10.2. The Labute approximate surface area is 114 Å². The lowest BCUT2D eigenvalue weighted by molar-refractivity contribution is 0.414. The van der Waals surface area contributed by atoms with Gasteiger partial charge in [-0.15, -0.1) is 0 Å². The molecule has 1 N–H and O–H groups in total. The Morgan fingerprint density at radius 2 is 1.95 bits per heavy atom.